The molecule has 2 nitrogen and oxygen atoms in total. The Labute approximate surface area is 87.8 Å². The van der Waals surface area contributed by atoms with Crippen LogP contribution in [0.4, 0.5) is 0 Å². The van der Waals surface area contributed by atoms with Gasteiger partial charge >= 0.3 is 0 Å². The van der Waals surface area contributed by atoms with Crippen LogP contribution in [0, 0.1) is 5.92 Å². The van der Waals surface area contributed by atoms with Crippen LogP contribution < -0.4 is 0 Å². The molecule has 1 N–H and O–H groups in total. The van der Waals surface area contributed by atoms with Gasteiger partial charge in [0.25, 0.3) is 0 Å². The Balaban J connectivity index is 2.10. The Morgan fingerprint density at radius 2 is 2.50 bits per heavy atom. The van der Waals surface area contributed by atoms with Gasteiger partial charge in [0.2, 0.25) is 0 Å². The van der Waals surface area contributed by atoms with E-state index >= 15 is 0 Å². The maximum Gasteiger partial charge on any atom is 0.0653 e. The molecular weight excluding hydrogens is 196 g/mol. The highest BCUT2D eigenvalue weighted by molar-refractivity contribution is 7.11. The molecule has 0 unspecified atom stereocenters. The van der Waals surface area contributed by atoms with Gasteiger partial charge in [-0.25, -0.2) is 0 Å². The van der Waals surface area contributed by atoms with Gasteiger partial charge in [-0.1, -0.05) is 12.6 Å². The van der Waals surface area contributed by atoms with Crippen LogP contribution in [0.1, 0.15) is 11.3 Å². The highest BCUT2D eigenvalue weighted by Crippen LogP contribution is 2.31. The first-order valence-corrected chi connectivity index (χ1v) is 5.65. The van der Waals surface area contributed by atoms with E-state index in [0.717, 1.165) is 16.9 Å². The Morgan fingerprint density at radius 3 is 3.14 bits per heavy atom. The third-order valence-electron chi connectivity index (χ3n) is 2.61. The van der Waals surface area contributed by atoms with Crippen molar-refractivity contribution in [3.8, 4) is 0 Å². The van der Waals surface area contributed by atoms with Crippen molar-refractivity contribution < 1.29 is 9.84 Å². The quantitative estimate of drug-likeness (QED) is 0.810. The third kappa shape index (κ3) is 1.90. The van der Waals surface area contributed by atoms with Gasteiger partial charge in [-0.05, 0) is 23.4 Å². The lowest BCUT2D eigenvalue weighted by Crippen LogP contribution is -2.32. The normalized spacial score (nSPS) is 27.5. The molecule has 1 aliphatic rings. The Hall–Kier alpha value is -0.640. The van der Waals surface area contributed by atoms with Crippen molar-refractivity contribution in [1.82, 2.24) is 0 Å². The fraction of sp³-hybridized carbons (Fsp3) is 0.455. The zero-order valence-electron chi connectivity index (χ0n) is 7.98. The summed E-state index contributed by atoms with van der Waals surface area (Å²) in [7, 11) is 0. The maximum atomic E-state index is 9.80. The smallest absolute Gasteiger partial charge is 0.0653 e. The SMILES string of the molecule is C=C(c1cccs1)[C@H]1COCC[C@@H]1O. The van der Waals surface area contributed by atoms with Crippen LogP contribution in [0.25, 0.3) is 5.57 Å². The molecule has 0 aromatic carbocycles. The number of ether oxygens (including phenoxy) is 1. The first-order valence-electron chi connectivity index (χ1n) is 4.77. The Kier molecular flexibility index (Phi) is 3.01. The van der Waals surface area contributed by atoms with E-state index < -0.39 is 0 Å². The molecule has 0 spiro atoms. The largest absolute Gasteiger partial charge is 0.392 e. The van der Waals surface area contributed by atoms with Crippen molar-refractivity contribution in [3.05, 3.63) is 29.0 Å². The van der Waals surface area contributed by atoms with Crippen LogP contribution in [0.5, 0.6) is 0 Å². The number of hydrogen-bond donors (Lipinski definition) is 1. The van der Waals surface area contributed by atoms with Crippen LogP contribution in [-0.2, 0) is 4.74 Å². The molecule has 0 aliphatic carbocycles. The van der Waals surface area contributed by atoms with E-state index in [0.29, 0.717) is 13.2 Å². The lowest BCUT2D eigenvalue weighted by atomic mass is 9.91. The highest BCUT2D eigenvalue weighted by atomic mass is 32.1. The summed E-state index contributed by atoms with van der Waals surface area (Å²) in [6.45, 7) is 5.30. The van der Waals surface area contributed by atoms with E-state index in [1.54, 1.807) is 11.3 Å². The van der Waals surface area contributed by atoms with E-state index in [1.807, 2.05) is 17.5 Å². The Bertz CT molecular complexity index is 305. The second kappa shape index (κ2) is 4.26. The summed E-state index contributed by atoms with van der Waals surface area (Å²) in [6.07, 6.45) is 0.424. The third-order valence-corrected chi connectivity index (χ3v) is 3.55. The van der Waals surface area contributed by atoms with Crippen molar-refractivity contribution in [1.29, 1.82) is 0 Å². The topological polar surface area (TPSA) is 29.5 Å². The summed E-state index contributed by atoms with van der Waals surface area (Å²) in [5.41, 5.74) is 1.01. The molecule has 1 aliphatic heterocycles. The summed E-state index contributed by atoms with van der Waals surface area (Å²) in [5.74, 6) is 0.0717. The average molecular weight is 210 g/mol. The molecule has 1 fully saturated rings. The number of thiophene rings is 1. The summed E-state index contributed by atoms with van der Waals surface area (Å²) >= 11 is 1.66. The van der Waals surface area contributed by atoms with Gasteiger partial charge in [0, 0.05) is 17.4 Å². The lowest BCUT2D eigenvalue weighted by molar-refractivity contribution is -0.0138. The minimum Gasteiger partial charge on any atom is -0.392 e. The first-order chi connectivity index (χ1) is 6.79. The van der Waals surface area contributed by atoms with Crippen molar-refractivity contribution in [2.75, 3.05) is 13.2 Å². The predicted molar refractivity (Wildman–Crippen MR) is 58.3 cm³/mol. The van der Waals surface area contributed by atoms with E-state index in [1.165, 1.54) is 0 Å². The second-order valence-electron chi connectivity index (χ2n) is 3.54. The first kappa shape index (κ1) is 9.90. The maximum absolute atomic E-state index is 9.80. The molecule has 1 aromatic rings. The van der Waals surface area contributed by atoms with Crippen molar-refractivity contribution in [3.63, 3.8) is 0 Å². The van der Waals surface area contributed by atoms with E-state index in [9.17, 15) is 5.11 Å². The molecular formula is C11H14O2S. The molecule has 2 atom stereocenters. The summed E-state index contributed by atoms with van der Waals surface area (Å²) in [6, 6.07) is 4.04. The molecule has 0 amide bonds. The monoisotopic (exact) mass is 210 g/mol. The van der Waals surface area contributed by atoms with Gasteiger partial charge < -0.3 is 9.84 Å². The fourth-order valence-corrected chi connectivity index (χ4v) is 2.47. The van der Waals surface area contributed by atoms with Crippen LogP contribution in [0.15, 0.2) is 24.1 Å². The molecule has 2 heterocycles. The van der Waals surface area contributed by atoms with Gasteiger partial charge in [0.05, 0.1) is 12.7 Å². The molecule has 2 rings (SSSR count). The van der Waals surface area contributed by atoms with Crippen molar-refractivity contribution >= 4 is 16.9 Å². The van der Waals surface area contributed by atoms with Crippen LogP contribution >= 0.6 is 11.3 Å². The lowest BCUT2D eigenvalue weighted by Gasteiger charge is -2.28. The molecule has 1 aromatic heterocycles. The van der Waals surface area contributed by atoms with Gasteiger partial charge in [0.1, 0.15) is 0 Å². The molecule has 76 valence electrons. The van der Waals surface area contributed by atoms with Crippen LogP contribution in [0.3, 0.4) is 0 Å². The average Bonchev–Trinajstić information content (AvgIpc) is 2.70. The fourth-order valence-electron chi connectivity index (χ4n) is 1.70. The van der Waals surface area contributed by atoms with Crippen LogP contribution in [-0.4, -0.2) is 24.4 Å². The van der Waals surface area contributed by atoms with E-state index in [-0.39, 0.29) is 12.0 Å². The van der Waals surface area contributed by atoms with Gasteiger partial charge in [0.15, 0.2) is 0 Å². The Morgan fingerprint density at radius 1 is 1.64 bits per heavy atom. The second-order valence-corrected chi connectivity index (χ2v) is 4.49. The van der Waals surface area contributed by atoms with E-state index in [4.69, 9.17) is 4.74 Å². The predicted octanol–water partition coefficient (Wildman–Crippen LogP) is 2.16. The van der Waals surface area contributed by atoms with Gasteiger partial charge in [-0.3, -0.25) is 0 Å². The molecule has 0 radical (unpaired) electrons. The molecule has 1 saturated heterocycles. The highest BCUT2D eigenvalue weighted by Gasteiger charge is 2.26. The van der Waals surface area contributed by atoms with Crippen molar-refractivity contribution in [2.24, 2.45) is 5.92 Å². The summed E-state index contributed by atoms with van der Waals surface area (Å²) < 4.78 is 5.36. The van der Waals surface area contributed by atoms with Gasteiger partial charge in [-0.2, -0.15) is 0 Å². The number of aliphatic hydroxyl groups excluding tert-OH is 1. The zero-order valence-corrected chi connectivity index (χ0v) is 8.80. The van der Waals surface area contributed by atoms with E-state index in [2.05, 4.69) is 6.58 Å². The number of aliphatic hydroxyl groups is 1. The van der Waals surface area contributed by atoms with Crippen molar-refractivity contribution in [2.45, 2.75) is 12.5 Å². The number of rotatable bonds is 2. The summed E-state index contributed by atoms with van der Waals surface area (Å²) in [5, 5.41) is 11.8. The van der Waals surface area contributed by atoms with Gasteiger partial charge in [-0.15, -0.1) is 11.3 Å². The molecule has 14 heavy (non-hydrogen) atoms. The number of hydrogen-bond acceptors (Lipinski definition) is 3. The standard InChI is InChI=1S/C11H14O2S/c1-8(11-3-2-6-14-11)9-7-13-5-4-10(9)12/h2-3,6,9-10,12H,1,4-5,7H2/t9-,10+/m1/s1. The zero-order chi connectivity index (χ0) is 9.97. The minimum absolute atomic E-state index is 0.0717. The molecule has 3 heteroatoms. The molecule has 0 bridgehead atoms. The summed E-state index contributed by atoms with van der Waals surface area (Å²) in [4.78, 5) is 1.15. The van der Waals surface area contributed by atoms with Crippen LogP contribution in [0.2, 0.25) is 0 Å². The minimum atomic E-state index is -0.293. The molecule has 0 saturated carbocycles.